The lowest BCUT2D eigenvalue weighted by Gasteiger charge is -2.16. The Morgan fingerprint density at radius 3 is 3.12 bits per heavy atom. The molecular weight excluding hydrogens is 214 g/mol. The molecule has 1 unspecified atom stereocenters. The fourth-order valence-electron chi connectivity index (χ4n) is 1.97. The van der Waals surface area contributed by atoms with E-state index in [9.17, 15) is 0 Å². The lowest BCUT2D eigenvalue weighted by Crippen LogP contribution is -2.16. The molecular formula is C13H19N3O. The molecule has 0 radical (unpaired) electrons. The minimum Gasteiger partial charge on any atom is -0.396 e. The molecule has 0 bridgehead atoms. The quantitative estimate of drug-likeness (QED) is 0.803. The van der Waals surface area contributed by atoms with E-state index >= 15 is 0 Å². The average Bonchev–Trinajstić information content (AvgIpc) is 2.83. The molecule has 2 N–H and O–H groups in total. The summed E-state index contributed by atoms with van der Waals surface area (Å²) in [5, 5.41) is 12.4. The Hall–Kier alpha value is -1.55. The summed E-state index contributed by atoms with van der Waals surface area (Å²) in [4.78, 5) is 4.25. The number of anilines is 1. The maximum absolute atomic E-state index is 8.96. The average molecular weight is 233 g/mol. The van der Waals surface area contributed by atoms with Crippen molar-refractivity contribution in [2.24, 2.45) is 5.92 Å². The highest BCUT2D eigenvalue weighted by Crippen LogP contribution is 2.13. The minimum absolute atomic E-state index is 0.259. The first kappa shape index (κ1) is 11.9. The Kier molecular flexibility index (Phi) is 3.98. The highest BCUT2D eigenvalue weighted by Gasteiger charge is 2.06. The van der Waals surface area contributed by atoms with Crippen molar-refractivity contribution in [3.63, 3.8) is 0 Å². The van der Waals surface area contributed by atoms with Crippen LogP contribution in [0.3, 0.4) is 0 Å². The number of aromatic nitrogens is 2. The van der Waals surface area contributed by atoms with Gasteiger partial charge in [-0.05, 0) is 24.5 Å². The Labute approximate surface area is 101 Å². The van der Waals surface area contributed by atoms with Crippen LogP contribution in [0.1, 0.15) is 19.8 Å². The van der Waals surface area contributed by atoms with Crippen LogP contribution in [-0.2, 0) is 0 Å². The van der Waals surface area contributed by atoms with E-state index in [0.29, 0.717) is 5.92 Å². The van der Waals surface area contributed by atoms with Crippen molar-refractivity contribution in [3.05, 3.63) is 30.6 Å². The maximum atomic E-state index is 8.96. The van der Waals surface area contributed by atoms with Crippen LogP contribution in [0.4, 0.5) is 5.82 Å². The standard InChI is InChI=1S/C13H19N3O/c1-2-11(6-9-17)10-15-13-5-3-4-12-14-7-8-16(12)13/h3-5,7-8,11,15,17H,2,6,9-10H2,1H3. The number of aliphatic hydroxyl groups is 1. The first-order valence-electron chi connectivity index (χ1n) is 6.12. The molecule has 4 nitrogen and oxygen atoms in total. The predicted molar refractivity (Wildman–Crippen MR) is 69.2 cm³/mol. The van der Waals surface area contributed by atoms with Crippen LogP contribution >= 0.6 is 0 Å². The lowest BCUT2D eigenvalue weighted by molar-refractivity contribution is 0.258. The molecule has 2 heterocycles. The van der Waals surface area contributed by atoms with Crippen molar-refractivity contribution in [1.82, 2.24) is 9.38 Å². The molecule has 0 aliphatic heterocycles. The van der Waals surface area contributed by atoms with Crippen molar-refractivity contribution < 1.29 is 5.11 Å². The first-order valence-corrected chi connectivity index (χ1v) is 6.12. The molecule has 0 aliphatic carbocycles. The molecule has 2 aromatic rings. The van der Waals surface area contributed by atoms with Crippen LogP contribution in [0, 0.1) is 5.92 Å². The fourth-order valence-corrected chi connectivity index (χ4v) is 1.97. The van der Waals surface area contributed by atoms with Crippen molar-refractivity contribution in [3.8, 4) is 0 Å². The molecule has 92 valence electrons. The summed E-state index contributed by atoms with van der Waals surface area (Å²) in [5.74, 6) is 1.56. The summed E-state index contributed by atoms with van der Waals surface area (Å²) in [6.07, 6.45) is 5.67. The van der Waals surface area contributed by atoms with E-state index in [1.165, 1.54) is 0 Å². The summed E-state index contributed by atoms with van der Waals surface area (Å²) in [5.41, 5.74) is 0.949. The second-order valence-electron chi connectivity index (χ2n) is 4.23. The summed E-state index contributed by atoms with van der Waals surface area (Å²) in [6.45, 7) is 3.30. The van der Waals surface area contributed by atoms with Crippen molar-refractivity contribution in [2.45, 2.75) is 19.8 Å². The molecule has 0 saturated heterocycles. The zero-order valence-electron chi connectivity index (χ0n) is 10.1. The van der Waals surface area contributed by atoms with Gasteiger partial charge < -0.3 is 10.4 Å². The Morgan fingerprint density at radius 1 is 1.47 bits per heavy atom. The summed E-state index contributed by atoms with van der Waals surface area (Å²) < 4.78 is 2.03. The predicted octanol–water partition coefficient (Wildman–Crippen LogP) is 2.15. The molecule has 17 heavy (non-hydrogen) atoms. The van der Waals surface area contributed by atoms with Gasteiger partial charge in [0, 0.05) is 25.5 Å². The van der Waals surface area contributed by atoms with Gasteiger partial charge in [0.25, 0.3) is 0 Å². The minimum atomic E-state index is 0.259. The molecule has 0 aliphatic rings. The van der Waals surface area contributed by atoms with E-state index in [1.807, 2.05) is 28.8 Å². The van der Waals surface area contributed by atoms with E-state index in [2.05, 4.69) is 17.2 Å². The van der Waals surface area contributed by atoms with E-state index in [1.54, 1.807) is 6.20 Å². The van der Waals surface area contributed by atoms with Crippen LogP contribution in [0.15, 0.2) is 30.6 Å². The van der Waals surface area contributed by atoms with Crippen LogP contribution in [-0.4, -0.2) is 27.6 Å². The second-order valence-corrected chi connectivity index (χ2v) is 4.23. The van der Waals surface area contributed by atoms with E-state index in [4.69, 9.17) is 5.11 Å². The number of aliphatic hydroxyl groups excluding tert-OH is 1. The van der Waals surface area contributed by atoms with Crippen molar-refractivity contribution in [2.75, 3.05) is 18.5 Å². The van der Waals surface area contributed by atoms with Gasteiger partial charge in [-0.3, -0.25) is 4.40 Å². The van der Waals surface area contributed by atoms with Gasteiger partial charge in [0.05, 0.1) is 0 Å². The van der Waals surface area contributed by atoms with Gasteiger partial charge in [0.1, 0.15) is 11.5 Å². The highest BCUT2D eigenvalue weighted by atomic mass is 16.3. The number of nitrogens with one attached hydrogen (secondary N) is 1. The molecule has 2 rings (SSSR count). The smallest absolute Gasteiger partial charge is 0.138 e. The van der Waals surface area contributed by atoms with E-state index < -0.39 is 0 Å². The number of imidazole rings is 1. The number of rotatable bonds is 6. The third-order valence-corrected chi connectivity index (χ3v) is 3.11. The van der Waals surface area contributed by atoms with Gasteiger partial charge in [-0.2, -0.15) is 0 Å². The Bertz CT molecular complexity index is 466. The summed E-state index contributed by atoms with van der Waals surface area (Å²) in [6, 6.07) is 6.02. The number of hydrogen-bond donors (Lipinski definition) is 2. The SMILES string of the molecule is CCC(CCO)CNc1cccc2nccn12. The molecule has 2 aromatic heterocycles. The molecule has 0 saturated carbocycles. The monoisotopic (exact) mass is 233 g/mol. The van der Waals surface area contributed by atoms with Gasteiger partial charge in [0.2, 0.25) is 0 Å². The van der Waals surface area contributed by atoms with Gasteiger partial charge in [-0.25, -0.2) is 4.98 Å². The lowest BCUT2D eigenvalue weighted by atomic mass is 10.0. The van der Waals surface area contributed by atoms with Gasteiger partial charge in [-0.15, -0.1) is 0 Å². The second kappa shape index (κ2) is 5.68. The molecule has 4 heteroatoms. The highest BCUT2D eigenvalue weighted by molar-refractivity contribution is 5.49. The van der Waals surface area contributed by atoms with E-state index in [-0.39, 0.29) is 6.61 Å². The van der Waals surface area contributed by atoms with Gasteiger partial charge in [-0.1, -0.05) is 19.4 Å². The molecule has 0 amide bonds. The van der Waals surface area contributed by atoms with Gasteiger partial charge >= 0.3 is 0 Å². The zero-order chi connectivity index (χ0) is 12.1. The number of hydrogen-bond acceptors (Lipinski definition) is 3. The fraction of sp³-hybridized carbons (Fsp3) is 0.462. The first-order chi connectivity index (χ1) is 8.35. The molecule has 0 fully saturated rings. The van der Waals surface area contributed by atoms with Crippen LogP contribution in [0.5, 0.6) is 0 Å². The van der Waals surface area contributed by atoms with Crippen LogP contribution < -0.4 is 5.32 Å². The molecule has 1 atom stereocenters. The Balaban J connectivity index is 2.05. The largest absolute Gasteiger partial charge is 0.396 e. The molecule has 0 aromatic carbocycles. The number of fused-ring (bicyclic) bond motifs is 1. The normalized spacial score (nSPS) is 12.8. The summed E-state index contributed by atoms with van der Waals surface area (Å²) >= 11 is 0. The third kappa shape index (κ3) is 2.77. The number of pyridine rings is 1. The zero-order valence-corrected chi connectivity index (χ0v) is 10.1. The van der Waals surface area contributed by atoms with Crippen LogP contribution in [0.25, 0.3) is 5.65 Å². The van der Waals surface area contributed by atoms with Crippen molar-refractivity contribution in [1.29, 1.82) is 0 Å². The Morgan fingerprint density at radius 2 is 2.35 bits per heavy atom. The topological polar surface area (TPSA) is 49.6 Å². The van der Waals surface area contributed by atoms with Crippen molar-refractivity contribution >= 4 is 11.5 Å². The number of nitrogens with zero attached hydrogens (tertiary/aromatic N) is 2. The third-order valence-electron chi connectivity index (χ3n) is 3.11. The maximum Gasteiger partial charge on any atom is 0.138 e. The van der Waals surface area contributed by atoms with Crippen LogP contribution in [0.2, 0.25) is 0 Å². The van der Waals surface area contributed by atoms with Gasteiger partial charge in [0.15, 0.2) is 0 Å². The van der Waals surface area contributed by atoms with E-state index in [0.717, 1.165) is 30.9 Å². The summed E-state index contributed by atoms with van der Waals surface area (Å²) in [7, 11) is 0. The molecule has 0 spiro atoms.